The summed E-state index contributed by atoms with van der Waals surface area (Å²) in [6.07, 6.45) is 40.3. The number of unbranched alkanes of at least 4 members (excludes halogenated alkanes) is 18. The zero-order chi connectivity index (χ0) is 78.6. The monoisotopic (exact) mass is 1590 g/mol. The van der Waals surface area contributed by atoms with Crippen molar-refractivity contribution in [3.63, 3.8) is 0 Å². The number of rotatable bonds is 42. The molecule has 0 radical (unpaired) electrons. The highest BCUT2D eigenvalue weighted by molar-refractivity contribution is 7.34. The van der Waals surface area contributed by atoms with Gasteiger partial charge in [0.2, 0.25) is 0 Å². The molecule has 12 rings (SSSR count). The van der Waals surface area contributed by atoms with E-state index < -0.39 is 34.8 Å². The second-order valence-electron chi connectivity index (χ2n) is 31.5. The van der Waals surface area contributed by atoms with Gasteiger partial charge in [0, 0.05) is 67.0 Å². The average Bonchev–Trinajstić information content (AvgIpc) is 1.50. The zero-order valence-electron chi connectivity index (χ0n) is 66.2. The maximum Gasteiger partial charge on any atom is 0.194 e. The molecular weight excluding hydrogens is 1490 g/mol. The third kappa shape index (κ3) is 17.0. The highest BCUT2D eigenvalue weighted by atomic mass is 32.1. The number of nitriles is 4. The molecule has 10 aromatic rings. The lowest BCUT2D eigenvalue weighted by atomic mass is 9.88. The number of hydrogen-bond donors (Lipinski definition) is 0. The Bertz CT molecular complexity index is 5060. The first-order valence-electron chi connectivity index (χ1n) is 41.8. The molecule has 3 aromatic carbocycles. The van der Waals surface area contributed by atoms with Crippen molar-refractivity contribution in [2.45, 2.75) is 287 Å². The first-order chi connectivity index (χ1) is 54.1. The Kier molecular flexibility index (Phi) is 28.7. The van der Waals surface area contributed by atoms with Gasteiger partial charge < -0.3 is 9.13 Å². The van der Waals surface area contributed by atoms with Gasteiger partial charge in [0.05, 0.1) is 62.0 Å². The van der Waals surface area contributed by atoms with Gasteiger partial charge >= 0.3 is 0 Å². The van der Waals surface area contributed by atoms with E-state index in [1.807, 2.05) is 36.4 Å². The molecule has 0 saturated heterocycles. The van der Waals surface area contributed by atoms with E-state index in [-0.39, 0.29) is 67.5 Å². The molecule has 0 amide bonds. The highest BCUT2D eigenvalue weighted by Crippen LogP contribution is 2.57. The van der Waals surface area contributed by atoms with Gasteiger partial charge in [-0.1, -0.05) is 248 Å². The van der Waals surface area contributed by atoms with E-state index >= 15 is 27.2 Å². The van der Waals surface area contributed by atoms with E-state index in [0.29, 0.717) is 24.9 Å². The number of benzene rings is 3. The maximum absolute atomic E-state index is 15.5. The molecular formula is C92H106F4N8O2S5. The first kappa shape index (κ1) is 82.8. The molecule has 10 nitrogen and oxygen atoms in total. The maximum atomic E-state index is 15.5. The molecule has 7 heterocycles. The molecule has 7 aromatic heterocycles. The summed E-state index contributed by atoms with van der Waals surface area (Å²) < 4.78 is 84.3. The Hall–Kier alpha value is -7.62. The van der Waals surface area contributed by atoms with Crippen molar-refractivity contribution >= 4 is 164 Å². The third-order valence-electron chi connectivity index (χ3n) is 23.9. The number of aromatic nitrogens is 4. The van der Waals surface area contributed by atoms with Crippen molar-refractivity contribution < 1.29 is 27.2 Å². The minimum Gasteiger partial charge on any atom is -0.337 e. The molecule has 4 unspecified atom stereocenters. The quantitative estimate of drug-likeness (QED) is 0.0158. The predicted molar refractivity (Wildman–Crippen MR) is 458 cm³/mol. The fraction of sp³-hybridized carbons (Fsp3) is 0.522. The Morgan fingerprint density at radius 3 is 1.05 bits per heavy atom. The molecule has 0 fully saturated rings. The largest absolute Gasteiger partial charge is 0.337 e. The first-order valence-corrected chi connectivity index (χ1v) is 45.8. The molecule has 2 aliphatic carbocycles. The van der Waals surface area contributed by atoms with E-state index in [2.05, 4.69) is 64.5 Å². The summed E-state index contributed by atoms with van der Waals surface area (Å²) in [6, 6.07) is 11.8. The van der Waals surface area contributed by atoms with E-state index in [0.717, 1.165) is 284 Å². The molecule has 0 spiro atoms. The van der Waals surface area contributed by atoms with Crippen LogP contribution in [0.2, 0.25) is 0 Å². The summed E-state index contributed by atoms with van der Waals surface area (Å²) in [5.74, 6) is -4.70. The van der Waals surface area contributed by atoms with Crippen LogP contribution in [-0.4, -0.2) is 29.4 Å². The second kappa shape index (κ2) is 38.5. The van der Waals surface area contributed by atoms with Crippen molar-refractivity contribution in [2.24, 2.45) is 23.7 Å². The van der Waals surface area contributed by atoms with Crippen molar-refractivity contribution in [3.05, 3.63) is 113 Å². The molecule has 0 N–H and O–H groups in total. The number of thiophene rings is 4. The van der Waals surface area contributed by atoms with Gasteiger partial charge in [0.15, 0.2) is 34.8 Å². The molecule has 0 aliphatic heterocycles. The number of nitrogens with zero attached hydrogens (tertiary/aromatic N) is 8. The van der Waals surface area contributed by atoms with Crippen LogP contribution in [0.1, 0.15) is 314 Å². The smallest absolute Gasteiger partial charge is 0.194 e. The van der Waals surface area contributed by atoms with Crippen LogP contribution in [0.5, 0.6) is 0 Å². The van der Waals surface area contributed by atoms with Crippen molar-refractivity contribution in [3.8, 4) is 24.3 Å². The van der Waals surface area contributed by atoms with Gasteiger partial charge in [-0.2, -0.15) is 29.8 Å². The Morgan fingerprint density at radius 1 is 0.396 bits per heavy atom. The lowest BCUT2D eigenvalue weighted by molar-refractivity contribution is 0.103. The van der Waals surface area contributed by atoms with Gasteiger partial charge in [-0.15, -0.1) is 45.3 Å². The number of hydrogen-bond acceptors (Lipinski definition) is 13. The summed E-state index contributed by atoms with van der Waals surface area (Å²) in [4.78, 5) is 31.8. The number of halogens is 4. The third-order valence-corrected chi connectivity index (χ3v) is 29.6. The number of ketones is 2. The Balaban J connectivity index is 1.19. The molecule has 0 saturated carbocycles. The van der Waals surface area contributed by atoms with Crippen LogP contribution in [0.15, 0.2) is 46.6 Å². The number of fused-ring (bicyclic) bond motifs is 16. The van der Waals surface area contributed by atoms with E-state index in [9.17, 15) is 21.0 Å². The number of carbonyl (C=O) groups excluding carboxylic acids is 2. The minimum absolute atomic E-state index is 0.0162. The lowest BCUT2D eigenvalue weighted by Gasteiger charge is -2.20. The Morgan fingerprint density at radius 2 is 0.712 bits per heavy atom. The van der Waals surface area contributed by atoms with Crippen molar-refractivity contribution in [1.29, 1.82) is 21.0 Å². The van der Waals surface area contributed by atoms with E-state index in [1.165, 1.54) is 63.1 Å². The van der Waals surface area contributed by atoms with Crippen LogP contribution in [0.25, 0.3) is 95.4 Å². The van der Waals surface area contributed by atoms with E-state index in [4.69, 9.17) is 8.75 Å². The van der Waals surface area contributed by atoms with Gasteiger partial charge in [-0.05, 0) is 108 Å². The van der Waals surface area contributed by atoms with Crippen LogP contribution in [0.4, 0.5) is 17.6 Å². The van der Waals surface area contributed by atoms with Crippen LogP contribution in [-0.2, 0) is 25.9 Å². The summed E-state index contributed by atoms with van der Waals surface area (Å²) in [5, 5.41) is 44.6. The molecule has 0 bridgehead atoms. The van der Waals surface area contributed by atoms with Crippen LogP contribution in [0, 0.1) is 92.3 Å². The van der Waals surface area contributed by atoms with Crippen LogP contribution in [0.3, 0.4) is 0 Å². The average molecular weight is 1590 g/mol. The molecule has 111 heavy (non-hydrogen) atoms. The molecule has 4 atom stereocenters. The summed E-state index contributed by atoms with van der Waals surface area (Å²) in [6.45, 7) is 19.5. The fourth-order valence-corrected chi connectivity index (χ4v) is 24.2. The molecule has 19 heteroatoms. The van der Waals surface area contributed by atoms with Crippen molar-refractivity contribution in [2.75, 3.05) is 0 Å². The summed E-state index contributed by atoms with van der Waals surface area (Å²) in [7, 11) is 0. The number of Topliss-reactive ketones (excluding diaryl/α,β-unsaturated/α-hetero) is 2. The Labute approximate surface area is 672 Å². The van der Waals surface area contributed by atoms with Gasteiger partial charge in [0.25, 0.3) is 0 Å². The standard InChI is InChI=1S/C92H106F4N8O2S5/c1-9-17-23-27-29-33-39-57(37-31-25-19-11-3)41-65-73(47-67-75(59(49-97)50-98)61-43-69(93)71(95)45-63(61)85(67)105)107-91-83-89(109-87(65)91)77-79-80(102-111-101-79)78-82(81(77)103(83)53-55(15-7)35-21-13-5)104(54-56(16-8)36-22-14-6)84-90(78)110-88-66(42-58(38-32-26-20-12-4)40-34-30-28-24-18-10-2)74(108-92(84)88)48-68-76(60(51-99)52-100)62-44-70(94)72(96)46-64(62)86(68)106/h43-48,55-58H,9-42,53-54H2,1-8H3. The number of allylic oxidation sites excluding steroid dienone is 6. The highest BCUT2D eigenvalue weighted by Gasteiger charge is 2.39. The second-order valence-corrected chi connectivity index (χ2v) is 36.2. The van der Waals surface area contributed by atoms with Gasteiger partial charge in [-0.3, -0.25) is 9.59 Å². The normalized spacial score (nSPS) is 14.9. The van der Waals surface area contributed by atoms with E-state index in [1.54, 1.807) is 45.3 Å². The summed E-state index contributed by atoms with van der Waals surface area (Å²) in [5.41, 5.74) is 7.62. The number of carbonyl (C=O) groups is 2. The minimum atomic E-state index is -1.18. The van der Waals surface area contributed by atoms with Crippen molar-refractivity contribution in [1.82, 2.24) is 17.9 Å². The molecule has 2 aliphatic rings. The topological polar surface area (TPSA) is 165 Å². The van der Waals surface area contributed by atoms with Crippen LogP contribution < -0.4 is 0 Å². The lowest BCUT2D eigenvalue weighted by Crippen LogP contribution is -2.13. The predicted octanol–water partition coefficient (Wildman–Crippen LogP) is 29.4. The summed E-state index contributed by atoms with van der Waals surface area (Å²) >= 11 is 8.06. The SMILES string of the molecule is CCCCCCCCC(CCCCCC)Cc1c(C=C2C(=O)c3cc(F)c(F)cc3C2=C(C#N)C#N)sc2c1sc1c3c4nsnc4c4c5sc6c(CC(CCCCCC)CCCCCCCC)c(C=C7C(=O)c8cc(F)c(F)cc8C7=C(C#N)C#N)sc6c5n(CC(CC)CCCC)c4c3n(CC(CC)CCCC)c21. The fourth-order valence-electron chi connectivity index (χ4n) is 17.8. The zero-order valence-corrected chi connectivity index (χ0v) is 70.3. The van der Waals surface area contributed by atoms with Crippen LogP contribution >= 0.6 is 57.1 Å². The van der Waals surface area contributed by atoms with Gasteiger partial charge in [-0.25, -0.2) is 17.6 Å². The van der Waals surface area contributed by atoms with Gasteiger partial charge in [0.1, 0.15) is 46.5 Å². The molecule has 584 valence electrons.